The van der Waals surface area contributed by atoms with Crippen LogP contribution in [0.5, 0.6) is 11.5 Å². The summed E-state index contributed by atoms with van der Waals surface area (Å²) in [6.45, 7) is 7.77. The van der Waals surface area contributed by atoms with E-state index in [-0.39, 0.29) is 6.61 Å². The average Bonchev–Trinajstić information content (AvgIpc) is 2.72. The maximum absolute atomic E-state index is 9.56. The van der Waals surface area contributed by atoms with Gasteiger partial charge in [-0.05, 0) is 48.7 Å². The average molecular weight is 385 g/mol. The van der Waals surface area contributed by atoms with Gasteiger partial charge in [0.1, 0.15) is 11.5 Å². The Hall–Kier alpha value is -2.08. The fourth-order valence-corrected chi connectivity index (χ4v) is 3.81. The van der Waals surface area contributed by atoms with Crippen molar-refractivity contribution in [2.45, 2.75) is 32.5 Å². The Kier molecular flexibility index (Phi) is 7.71. The first kappa shape index (κ1) is 20.6. The predicted molar refractivity (Wildman–Crippen MR) is 112 cm³/mol. The van der Waals surface area contributed by atoms with Gasteiger partial charge in [0.25, 0.3) is 0 Å². The molecule has 0 bridgehead atoms. The van der Waals surface area contributed by atoms with E-state index in [9.17, 15) is 5.11 Å². The number of hydrogen-bond acceptors (Lipinski definition) is 5. The van der Waals surface area contributed by atoms with Crippen LogP contribution < -0.4 is 9.47 Å². The van der Waals surface area contributed by atoms with E-state index in [2.05, 4.69) is 34.1 Å². The molecule has 1 aliphatic rings. The Morgan fingerprint density at radius 2 is 1.57 bits per heavy atom. The van der Waals surface area contributed by atoms with Crippen LogP contribution in [0.3, 0.4) is 0 Å². The third-order valence-electron chi connectivity index (χ3n) is 5.34. The first-order valence-electron chi connectivity index (χ1n) is 10.1. The Morgan fingerprint density at radius 1 is 0.929 bits per heavy atom. The lowest BCUT2D eigenvalue weighted by atomic mass is 10.1. The van der Waals surface area contributed by atoms with Crippen molar-refractivity contribution in [3.63, 3.8) is 0 Å². The standard InChI is InChI=1S/C23H32N2O3/c1-3-28-23-10-6-20(7-11-23)17-25-14-13-24(18-21(25)12-15-26)16-19-4-8-22(27-2)9-5-19/h4-11,21,26H,3,12-18H2,1-2H3/t21-/m0/s1. The number of aliphatic hydroxyl groups excluding tert-OH is 1. The molecule has 0 radical (unpaired) electrons. The molecule has 152 valence electrons. The van der Waals surface area contributed by atoms with Gasteiger partial charge < -0.3 is 14.6 Å². The number of hydrogen-bond donors (Lipinski definition) is 1. The van der Waals surface area contributed by atoms with Crippen molar-refractivity contribution < 1.29 is 14.6 Å². The van der Waals surface area contributed by atoms with Gasteiger partial charge >= 0.3 is 0 Å². The lowest BCUT2D eigenvalue weighted by molar-refractivity contribution is 0.0499. The topological polar surface area (TPSA) is 45.2 Å². The first-order valence-corrected chi connectivity index (χ1v) is 10.1. The predicted octanol–water partition coefficient (Wildman–Crippen LogP) is 3.16. The molecule has 0 saturated carbocycles. The van der Waals surface area contributed by atoms with Crippen molar-refractivity contribution in [2.24, 2.45) is 0 Å². The molecule has 1 fully saturated rings. The summed E-state index contributed by atoms with van der Waals surface area (Å²) in [5, 5.41) is 9.56. The second-order valence-electron chi connectivity index (χ2n) is 7.30. The maximum atomic E-state index is 9.56. The van der Waals surface area contributed by atoms with E-state index < -0.39 is 0 Å². The molecule has 0 unspecified atom stereocenters. The number of ether oxygens (including phenoxy) is 2. The molecule has 0 spiro atoms. The number of rotatable bonds is 9. The Labute approximate surface area is 168 Å². The zero-order valence-electron chi connectivity index (χ0n) is 17.0. The van der Waals surface area contributed by atoms with E-state index in [1.54, 1.807) is 7.11 Å². The van der Waals surface area contributed by atoms with Crippen LogP contribution in [0, 0.1) is 0 Å². The van der Waals surface area contributed by atoms with Gasteiger partial charge in [0, 0.05) is 45.4 Å². The summed E-state index contributed by atoms with van der Waals surface area (Å²) in [6.07, 6.45) is 0.802. The van der Waals surface area contributed by atoms with Crippen molar-refractivity contribution in [3.8, 4) is 11.5 Å². The smallest absolute Gasteiger partial charge is 0.119 e. The molecule has 1 heterocycles. The molecule has 1 aliphatic heterocycles. The molecule has 1 N–H and O–H groups in total. The van der Waals surface area contributed by atoms with Gasteiger partial charge in [-0.25, -0.2) is 0 Å². The fraction of sp³-hybridized carbons (Fsp3) is 0.478. The summed E-state index contributed by atoms with van der Waals surface area (Å²) >= 11 is 0. The summed E-state index contributed by atoms with van der Waals surface area (Å²) in [4.78, 5) is 4.98. The molecule has 1 atom stereocenters. The highest BCUT2D eigenvalue weighted by atomic mass is 16.5. The van der Waals surface area contributed by atoms with Crippen molar-refractivity contribution in [2.75, 3.05) is 40.0 Å². The molecule has 2 aromatic rings. The van der Waals surface area contributed by atoms with Crippen molar-refractivity contribution in [1.82, 2.24) is 9.80 Å². The molecule has 3 rings (SSSR count). The SMILES string of the molecule is CCOc1ccc(CN2CCN(Cc3ccc(OC)cc3)C[C@@H]2CCO)cc1. The number of benzene rings is 2. The van der Waals surface area contributed by atoms with E-state index in [0.29, 0.717) is 12.6 Å². The van der Waals surface area contributed by atoms with Crippen molar-refractivity contribution >= 4 is 0 Å². The Balaban J connectivity index is 1.58. The normalized spacial score (nSPS) is 18.2. The number of piperazine rings is 1. The van der Waals surface area contributed by atoms with E-state index in [4.69, 9.17) is 9.47 Å². The van der Waals surface area contributed by atoms with Crippen LogP contribution >= 0.6 is 0 Å². The minimum atomic E-state index is 0.223. The highest BCUT2D eigenvalue weighted by Crippen LogP contribution is 2.21. The van der Waals surface area contributed by atoms with Crippen LogP contribution in [0.4, 0.5) is 0 Å². The van der Waals surface area contributed by atoms with E-state index in [1.165, 1.54) is 11.1 Å². The molecular formula is C23H32N2O3. The zero-order valence-corrected chi connectivity index (χ0v) is 17.0. The minimum absolute atomic E-state index is 0.223. The maximum Gasteiger partial charge on any atom is 0.119 e. The summed E-state index contributed by atoms with van der Waals surface area (Å²) in [5.74, 6) is 1.81. The molecule has 5 heteroatoms. The van der Waals surface area contributed by atoms with Crippen LogP contribution in [0.1, 0.15) is 24.5 Å². The second-order valence-corrected chi connectivity index (χ2v) is 7.30. The number of nitrogens with zero attached hydrogens (tertiary/aromatic N) is 2. The van der Waals surface area contributed by atoms with Crippen LogP contribution in [0.25, 0.3) is 0 Å². The van der Waals surface area contributed by atoms with Gasteiger partial charge in [0.05, 0.1) is 13.7 Å². The molecular weight excluding hydrogens is 352 g/mol. The molecule has 0 aliphatic carbocycles. The van der Waals surface area contributed by atoms with Crippen molar-refractivity contribution in [3.05, 3.63) is 59.7 Å². The third-order valence-corrected chi connectivity index (χ3v) is 5.34. The highest BCUT2D eigenvalue weighted by Gasteiger charge is 2.26. The number of aliphatic hydroxyl groups is 1. The summed E-state index contributed by atoms with van der Waals surface area (Å²) in [6, 6.07) is 17.0. The summed E-state index contributed by atoms with van der Waals surface area (Å²) < 4.78 is 10.8. The molecule has 1 saturated heterocycles. The highest BCUT2D eigenvalue weighted by molar-refractivity contribution is 5.28. The van der Waals surface area contributed by atoms with E-state index in [1.807, 2.05) is 31.2 Å². The van der Waals surface area contributed by atoms with Crippen LogP contribution in [0.2, 0.25) is 0 Å². The molecule has 0 amide bonds. The Bertz CT molecular complexity index is 703. The van der Waals surface area contributed by atoms with Crippen LogP contribution in [-0.2, 0) is 13.1 Å². The monoisotopic (exact) mass is 384 g/mol. The number of methoxy groups -OCH3 is 1. The van der Waals surface area contributed by atoms with Gasteiger partial charge in [-0.3, -0.25) is 9.80 Å². The molecule has 0 aromatic heterocycles. The fourth-order valence-electron chi connectivity index (χ4n) is 3.81. The van der Waals surface area contributed by atoms with Crippen LogP contribution in [-0.4, -0.2) is 60.9 Å². The second kappa shape index (κ2) is 10.5. The largest absolute Gasteiger partial charge is 0.497 e. The zero-order chi connectivity index (χ0) is 19.8. The first-order chi connectivity index (χ1) is 13.7. The summed E-state index contributed by atoms with van der Waals surface area (Å²) in [5.41, 5.74) is 2.58. The van der Waals surface area contributed by atoms with Gasteiger partial charge in [-0.2, -0.15) is 0 Å². The van der Waals surface area contributed by atoms with Gasteiger partial charge in [0.15, 0.2) is 0 Å². The van der Waals surface area contributed by atoms with Crippen molar-refractivity contribution in [1.29, 1.82) is 0 Å². The van der Waals surface area contributed by atoms with E-state index >= 15 is 0 Å². The molecule has 2 aromatic carbocycles. The molecule has 28 heavy (non-hydrogen) atoms. The quantitative estimate of drug-likeness (QED) is 0.720. The lowest BCUT2D eigenvalue weighted by Gasteiger charge is -2.41. The van der Waals surface area contributed by atoms with Gasteiger partial charge in [0.2, 0.25) is 0 Å². The minimum Gasteiger partial charge on any atom is -0.497 e. The lowest BCUT2D eigenvalue weighted by Crippen LogP contribution is -2.52. The van der Waals surface area contributed by atoms with Crippen LogP contribution in [0.15, 0.2) is 48.5 Å². The van der Waals surface area contributed by atoms with E-state index in [0.717, 1.165) is 50.6 Å². The van der Waals surface area contributed by atoms with Gasteiger partial charge in [-0.1, -0.05) is 24.3 Å². The van der Waals surface area contributed by atoms with Gasteiger partial charge in [-0.15, -0.1) is 0 Å². The Morgan fingerprint density at radius 3 is 2.18 bits per heavy atom. The third kappa shape index (κ3) is 5.71. The molecule has 5 nitrogen and oxygen atoms in total. The summed E-state index contributed by atoms with van der Waals surface area (Å²) in [7, 11) is 1.69.